The molecule has 1 N–H and O–H groups in total. The zero-order valence-electron chi connectivity index (χ0n) is 15.4. The lowest BCUT2D eigenvalue weighted by Crippen LogP contribution is -2.49. The lowest BCUT2D eigenvalue weighted by atomic mass is 10.2. The van der Waals surface area contributed by atoms with Gasteiger partial charge in [-0.05, 0) is 43.3 Å². The third-order valence-electron chi connectivity index (χ3n) is 4.40. The Balaban J connectivity index is 1.48. The van der Waals surface area contributed by atoms with Crippen LogP contribution in [0.4, 0.5) is 11.5 Å². The molecule has 0 aliphatic carbocycles. The SMILES string of the molecule is CCOc1ccc(NC(=O)CN2CCN(c3ncccc3C#N)CC2)cc1. The molecular formula is C20H23N5O2. The van der Waals surface area contributed by atoms with Crippen LogP contribution in [0.5, 0.6) is 5.75 Å². The van der Waals surface area contributed by atoms with Crippen LogP contribution in [0, 0.1) is 11.3 Å². The Morgan fingerprint density at radius 2 is 1.96 bits per heavy atom. The molecule has 2 aromatic rings. The Hall–Kier alpha value is -3.11. The molecule has 1 aliphatic rings. The number of anilines is 2. The number of aromatic nitrogens is 1. The lowest BCUT2D eigenvalue weighted by molar-refractivity contribution is -0.117. The molecule has 7 heteroatoms. The first kappa shape index (κ1) is 18.7. The normalized spacial score (nSPS) is 14.4. The number of nitrogens with zero attached hydrogens (tertiary/aromatic N) is 4. The number of benzene rings is 1. The number of hydrogen-bond donors (Lipinski definition) is 1. The molecule has 27 heavy (non-hydrogen) atoms. The zero-order chi connectivity index (χ0) is 19.1. The van der Waals surface area contributed by atoms with E-state index in [-0.39, 0.29) is 5.91 Å². The van der Waals surface area contributed by atoms with Gasteiger partial charge in [0.15, 0.2) is 0 Å². The van der Waals surface area contributed by atoms with E-state index in [1.165, 1.54) is 0 Å². The summed E-state index contributed by atoms with van der Waals surface area (Å²) in [6.07, 6.45) is 1.70. The molecule has 1 amide bonds. The highest BCUT2D eigenvalue weighted by atomic mass is 16.5. The van der Waals surface area contributed by atoms with E-state index in [0.717, 1.165) is 43.4 Å². The van der Waals surface area contributed by atoms with Gasteiger partial charge >= 0.3 is 0 Å². The summed E-state index contributed by atoms with van der Waals surface area (Å²) < 4.78 is 5.40. The van der Waals surface area contributed by atoms with E-state index < -0.39 is 0 Å². The fraction of sp³-hybridized carbons (Fsp3) is 0.350. The summed E-state index contributed by atoms with van der Waals surface area (Å²) in [4.78, 5) is 20.8. The van der Waals surface area contributed by atoms with E-state index in [4.69, 9.17) is 4.74 Å². The molecule has 1 saturated heterocycles. The van der Waals surface area contributed by atoms with E-state index in [0.29, 0.717) is 18.7 Å². The molecule has 1 aliphatic heterocycles. The second kappa shape index (κ2) is 9.01. The van der Waals surface area contributed by atoms with E-state index >= 15 is 0 Å². The molecule has 0 unspecified atom stereocenters. The molecule has 7 nitrogen and oxygen atoms in total. The van der Waals surface area contributed by atoms with Crippen molar-refractivity contribution >= 4 is 17.4 Å². The Morgan fingerprint density at radius 3 is 2.63 bits per heavy atom. The van der Waals surface area contributed by atoms with Crippen molar-refractivity contribution in [3.8, 4) is 11.8 Å². The van der Waals surface area contributed by atoms with Crippen molar-refractivity contribution in [1.82, 2.24) is 9.88 Å². The molecule has 1 fully saturated rings. The fourth-order valence-corrected chi connectivity index (χ4v) is 3.06. The Kier molecular flexibility index (Phi) is 6.23. The number of carbonyl (C=O) groups is 1. The molecule has 0 spiro atoms. The van der Waals surface area contributed by atoms with Crippen molar-refractivity contribution in [2.75, 3.05) is 49.5 Å². The molecule has 2 heterocycles. The van der Waals surface area contributed by atoms with Gasteiger partial charge in [0, 0.05) is 38.1 Å². The van der Waals surface area contributed by atoms with Crippen LogP contribution in [0.25, 0.3) is 0 Å². The topological polar surface area (TPSA) is 81.5 Å². The summed E-state index contributed by atoms with van der Waals surface area (Å²) in [7, 11) is 0. The number of rotatable bonds is 6. The molecule has 1 aromatic carbocycles. The number of nitrogens with one attached hydrogen (secondary N) is 1. The zero-order valence-corrected chi connectivity index (χ0v) is 15.4. The highest BCUT2D eigenvalue weighted by Crippen LogP contribution is 2.18. The maximum Gasteiger partial charge on any atom is 0.238 e. The number of carbonyl (C=O) groups excluding carboxylic acids is 1. The van der Waals surface area contributed by atoms with Crippen molar-refractivity contribution in [3.63, 3.8) is 0 Å². The summed E-state index contributed by atoms with van der Waals surface area (Å²) >= 11 is 0. The van der Waals surface area contributed by atoms with Crippen molar-refractivity contribution in [2.45, 2.75) is 6.92 Å². The predicted molar refractivity (Wildman–Crippen MR) is 104 cm³/mol. The van der Waals surface area contributed by atoms with Gasteiger partial charge < -0.3 is 15.0 Å². The van der Waals surface area contributed by atoms with Crippen LogP contribution >= 0.6 is 0 Å². The van der Waals surface area contributed by atoms with Crippen LogP contribution < -0.4 is 15.0 Å². The van der Waals surface area contributed by atoms with Gasteiger partial charge in [-0.3, -0.25) is 9.69 Å². The lowest BCUT2D eigenvalue weighted by Gasteiger charge is -2.35. The van der Waals surface area contributed by atoms with Crippen molar-refractivity contribution in [3.05, 3.63) is 48.2 Å². The molecule has 0 bridgehead atoms. The number of nitriles is 1. The maximum absolute atomic E-state index is 12.3. The van der Waals surface area contributed by atoms with Crippen LogP contribution in [-0.2, 0) is 4.79 Å². The third kappa shape index (κ3) is 4.96. The molecule has 3 rings (SSSR count). The molecule has 140 valence electrons. The summed E-state index contributed by atoms with van der Waals surface area (Å²) in [6, 6.07) is 13.1. The first-order valence-corrected chi connectivity index (χ1v) is 9.04. The summed E-state index contributed by atoms with van der Waals surface area (Å²) in [5.41, 5.74) is 1.34. The quantitative estimate of drug-likeness (QED) is 0.844. The summed E-state index contributed by atoms with van der Waals surface area (Å²) in [5.74, 6) is 1.47. The average molecular weight is 365 g/mol. The third-order valence-corrected chi connectivity index (χ3v) is 4.40. The van der Waals surface area contributed by atoms with E-state index in [2.05, 4.69) is 26.2 Å². The smallest absolute Gasteiger partial charge is 0.238 e. The van der Waals surface area contributed by atoms with Crippen molar-refractivity contribution in [2.24, 2.45) is 0 Å². The molecule has 0 radical (unpaired) electrons. The van der Waals surface area contributed by atoms with Gasteiger partial charge in [0.25, 0.3) is 0 Å². The largest absolute Gasteiger partial charge is 0.494 e. The second-order valence-corrected chi connectivity index (χ2v) is 6.26. The first-order chi connectivity index (χ1) is 13.2. The first-order valence-electron chi connectivity index (χ1n) is 9.04. The maximum atomic E-state index is 12.3. The standard InChI is InChI=1S/C20H23N5O2/c1-2-27-18-7-5-17(6-8-18)23-19(26)15-24-10-12-25(13-11-24)20-16(14-21)4-3-9-22-20/h3-9H,2,10-13,15H2,1H3,(H,23,26). The highest BCUT2D eigenvalue weighted by Gasteiger charge is 2.21. The summed E-state index contributed by atoms with van der Waals surface area (Å²) in [5, 5.41) is 12.1. The number of ether oxygens (including phenoxy) is 1. The Labute approximate surface area is 159 Å². The van der Waals surface area contributed by atoms with E-state index in [1.807, 2.05) is 31.2 Å². The molecular weight excluding hydrogens is 342 g/mol. The van der Waals surface area contributed by atoms with E-state index in [1.54, 1.807) is 18.3 Å². The van der Waals surface area contributed by atoms with Crippen LogP contribution in [0.1, 0.15) is 12.5 Å². The number of amides is 1. The van der Waals surface area contributed by atoms with Gasteiger partial charge in [-0.2, -0.15) is 5.26 Å². The van der Waals surface area contributed by atoms with Gasteiger partial charge in [-0.25, -0.2) is 4.98 Å². The highest BCUT2D eigenvalue weighted by molar-refractivity contribution is 5.92. The average Bonchev–Trinajstić information content (AvgIpc) is 2.70. The Bertz CT molecular complexity index is 808. The van der Waals surface area contributed by atoms with Gasteiger partial charge in [-0.15, -0.1) is 0 Å². The number of hydrogen-bond acceptors (Lipinski definition) is 6. The number of pyridine rings is 1. The van der Waals surface area contributed by atoms with E-state index in [9.17, 15) is 10.1 Å². The van der Waals surface area contributed by atoms with Gasteiger partial charge in [0.2, 0.25) is 5.91 Å². The second-order valence-electron chi connectivity index (χ2n) is 6.26. The van der Waals surface area contributed by atoms with Crippen LogP contribution in [-0.4, -0.2) is 55.1 Å². The van der Waals surface area contributed by atoms with Gasteiger partial charge in [0.1, 0.15) is 17.6 Å². The predicted octanol–water partition coefficient (Wildman–Crippen LogP) is 2.11. The minimum absolute atomic E-state index is 0.0387. The van der Waals surface area contributed by atoms with Crippen LogP contribution in [0.2, 0.25) is 0 Å². The van der Waals surface area contributed by atoms with Crippen LogP contribution in [0.3, 0.4) is 0 Å². The minimum atomic E-state index is -0.0387. The molecule has 0 saturated carbocycles. The van der Waals surface area contributed by atoms with Gasteiger partial charge in [0.05, 0.1) is 18.7 Å². The minimum Gasteiger partial charge on any atom is -0.494 e. The molecule has 0 atom stereocenters. The van der Waals surface area contributed by atoms with Crippen molar-refractivity contribution < 1.29 is 9.53 Å². The fourth-order valence-electron chi connectivity index (χ4n) is 3.06. The van der Waals surface area contributed by atoms with Crippen molar-refractivity contribution in [1.29, 1.82) is 5.26 Å². The summed E-state index contributed by atoms with van der Waals surface area (Å²) in [6.45, 7) is 5.87. The van der Waals surface area contributed by atoms with Crippen LogP contribution in [0.15, 0.2) is 42.6 Å². The number of piperazine rings is 1. The molecule has 1 aromatic heterocycles. The monoisotopic (exact) mass is 365 g/mol. The van der Waals surface area contributed by atoms with Gasteiger partial charge in [-0.1, -0.05) is 0 Å². The Morgan fingerprint density at radius 1 is 1.22 bits per heavy atom.